The lowest BCUT2D eigenvalue weighted by Gasteiger charge is -2.26. The highest BCUT2D eigenvalue weighted by Gasteiger charge is 2.21. The molecule has 2 nitrogen and oxygen atoms in total. The Morgan fingerprint density at radius 1 is 1.46 bits per heavy atom. The minimum Gasteiger partial charge on any atom is -0.462 e. The van der Waals surface area contributed by atoms with E-state index in [4.69, 9.17) is 4.74 Å². The van der Waals surface area contributed by atoms with Gasteiger partial charge in [0.2, 0.25) is 0 Å². The van der Waals surface area contributed by atoms with Crippen molar-refractivity contribution in [3.63, 3.8) is 0 Å². The van der Waals surface area contributed by atoms with Crippen LogP contribution in [0.15, 0.2) is 12.2 Å². The average molecular weight is 184 g/mol. The van der Waals surface area contributed by atoms with E-state index in [0.717, 1.165) is 0 Å². The smallest absolute Gasteiger partial charge is 0.333 e. The molecule has 0 bridgehead atoms. The predicted molar refractivity (Wildman–Crippen MR) is 54.4 cm³/mol. The molecule has 0 amide bonds. The van der Waals surface area contributed by atoms with Crippen molar-refractivity contribution in [3.05, 3.63) is 12.2 Å². The maximum Gasteiger partial charge on any atom is 0.333 e. The van der Waals surface area contributed by atoms with Crippen molar-refractivity contribution in [2.75, 3.05) is 6.61 Å². The maximum absolute atomic E-state index is 11.1. The van der Waals surface area contributed by atoms with Crippen molar-refractivity contribution in [3.8, 4) is 0 Å². The lowest BCUT2D eigenvalue weighted by atomic mass is 9.83. The number of hydrogen-bond donors (Lipinski definition) is 0. The van der Waals surface area contributed by atoms with Crippen molar-refractivity contribution in [2.24, 2.45) is 11.3 Å². The van der Waals surface area contributed by atoms with Gasteiger partial charge in [0.25, 0.3) is 0 Å². The fourth-order valence-corrected chi connectivity index (χ4v) is 0.574. The molecule has 13 heavy (non-hydrogen) atoms. The summed E-state index contributed by atoms with van der Waals surface area (Å²) < 4.78 is 5.05. The Balaban J connectivity index is 3.91. The van der Waals surface area contributed by atoms with E-state index in [1.54, 1.807) is 6.92 Å². The number of carbonyl (C=O) groups excluding carboxylic acids is 1. The molecule has 0 N–H and O–H groups in total. The first-order chi connectivity index (χ1) is 5.75. The Kier molecular flexibility index (Phi) is 4.18. The highest BCUT2D eigenvalue weighted by Crippen LogP contribution is 2.25. The summed E-state index contributed by atoms with van der Waals surface area (Å²) in [5.41, 5.74) is 0.635. The maximum atomic E-state index is 11.1. The summed E-state index contributed by atoms with van der Waals surface area (Å²) in [6, 6.07) is 0. The van der Waals surface area contributed by atoms with Crippen LogP contribution in [0.3, 0.4) is 0 Å². The average Bonchev–Trinajstić information content (AvgIpc) is 1.97. The van der Waals surface area contributed by atoms with E-state index >= 15 is 0 Å². The minimum atomic E-state index is -0.295. The molecule has 0 aliphatic carbocycles. The third kappa shape index (κ3) is 4.71. The number of rotatable bonds is 3. The molecule has 0 radical (unpaired) electrons. The zero-order chi connectivity index (χ0) is 10.6. The van der Waals surface area contributed by atoms with Gasteiger partial charge in [-0.05, 0) is 18.3 Å². The predicted octanol–water partition coefficient (Wildman–Crippen LogP) is 2.79. The van der Waals surface area contributed by atoms with Crippen LogP contribution in [0.1, 0.15) is 34.6 Å². The van der Waals surface area contributed by atoms with Crippen LogP contribution in [0.5, 0.6) is 0 Å². The van der Waals surface area contributed by atoms with Gasteiger partial charge in [0.05, 0.1) is 6.61 Å². The van der Waals surface area contributed by atoms with E-state index in [-0.39, 0.29) is 11.4 Å². The van der Waals surface area contributed by atoms with Crippen LogP contribution in [0.25, 0.3) is 0 Å². The minimum absolute atomic E-state index is 0.176. The summed E-state index contributed by atoms with van der Waals surface area (Å²) in [5, 5.41) is 0. The lowest BCUT2D eigenvalue weighted by molar-refractivity contribution is -0.141. The molecule has 0 aromatic carbocycles. The molecular weight excluding hydrogens is 164 g/mol. The summed E-state index contributed by atoms with van der Waals surface area (Å²) in [6.07, 6.45) is 0. The van der Waals surface area contributed by atoms with E-state index in [0.29, 0.717) is 18.1 Å². The number of ether oxygens (including phenoxy) is 1. The standard InChI is InChI=1S/C11H20O2/c1-8(2)10(12)13-7-9(3)11(4,5)6/h9H,1,7H2,2-6H3. The van der Waals surface area contributed by atoms with Crippen molar-refractivity contribution in [1.29, 1.82) is 0 Å². The van der Waals surface area contributed by atoms with E-state index in [1.807, 2.05) is 0 Å². The lowest BCUT2D eigenvalue weighted by Crippen LogP contribution is -2.24. The van der Waals surface area contributed by atoms with E-state index in [2.05, 4.69) is 34.3 Å². The third-order valence-corrected chi connectivity index (χ3v) is 2.29. The van der Waals surface area contributed by atoms with Crippen molar-refractivity contribution in [1.82, 2.24) is 0 Å². The molecule has 0 fully saturated rings. The van der Waals surface area contributed by atoms with Crippen molar-refractivity contribution in [2.45, 2.75) is 34.6 Å². The van der Waals surface area contributed by atoms with Crippen LogP contribution in [0.2, 0.25) is 0 Å². The second-order valence-corrected chi connectivity index (χ2v) is 4.65. The van der Waals surface area contributed by atoms with Crippen LogP contribution in [-0.2, 0) is 9.53 Å². The molecule has 0 saturated heterocycles. The van der Waals surface area contributed by atoms with Crippen LogP contribution >= 0.6 is 0 Å². The molecule has 0 spiro atoms. The molecule has 1 unspecified atom stereocenters. The van der Waals surface area contributed by atoms with E-state index in [9.17, 15) is 4.79 Å². The van der Waals surface area contributed by atoms with Gasteiger partial charge in [-0.2, -0.15) is 0 Å². The van der Waals surface area contributed by atoms with Crippen LogP contribution in [0, 0.1) is 11.3 Å². The van der Waals surface area contributed by atoms with Gasteiger partial charge in [-0.25, -0.2) is 4.79 Å². The van der Waals surface area contributed by atoms with Crippen LogP contribution < -0.4 is 0 Å². The summed E-state index contributed by atoms with van der Waals surface area (Å²) >= 11 is 0. The van der Waals surface area contributed by atoms with Crippen LogP contribution in [0.4, 0.5) is 0 Å². The van der Waals surface area contributed by atoms with Gasteiger partial charge in [-0.1, -0.05) is 34.3 Å². The second-order valence-electron chi connectivity index (χ2n) is 4.65. The molecular formula is C11H20O2. The first kappa shape index (κ1) is 12.2. The molecule has 2 heteroatoms. The number of hydrogen-bond acceptors (Lipinski definition) is 2. The molecule has 0 heterocycles. The van der Waals surface area contributed by atoms with Crippen LogP contribution in [-0.4, -0.2) is 12.6 Å². The van der Waals surface area contributed by atoms with Gasteiger partial charge in [-0.3, -0.25) is 0 Å². The second kappa shape index (κ2) is 4.45. The summed E-state index contributed by atoms with van der Waals surface area (Å²) in [6.45, 7) is 14.1. The number of esters is 1. The van der Waals surface area contributed by atoms with Crippen molar-refractivity contribution >= 4 is 5.97 Å². The molecule has 0 aromatic heterocycles. The normalized spacial score (nSPS) is 13.6. The van der Waals surface area contributed by atoms with E-state index < -0.39 is 0 Å². The van der Waals surface area contributed by atoms with Gasteiger partial charge in [0.1, 0.15) is 0 Å². The molecule has 1 atom stereocenters. The Labute approximate surface area is 81.0 Å². The van der Waals surface area contributed by atoms with Crippen molar-refractivity contribution < 1.29 is 9.53 Å². The first-order valence-corrected chi connectivity index (χ1v) is 4.57. The third-order valence-electron chi connectivity index (χ3n) is 2.29. The summed E-state index contributed by atoms with van der Waals surface area (Å²) in [4.78, 5) is 11.1. The first-order valence-electron chi connectivity index (χ1n) is 4.57. The summed E-state index contributed by atoms with van der Waals surface area (Å²) in [7, 11) is 0. The quantitative estimate of drug-likeness (QED) is 0.498. The number of carbonyl (C=O) groups is 1. The Bertz CT molecular complexity index is 199. The Morgan fingerprint density at radius 2 is 1.92 bits per heavy atom. The fraction of sp³-hybridized carbons (Fsp3) is 0.727. The van der Waals surface area contributed by atoms with Gasteiger partial charge in [0, 0.05) is 5.57 Å². The van der Waals surface area contributed by atoms with Gasteiger partial charge >= 0.3 is 5.97 Å². The zero-order valence-electron chi connectivity index (χ0n) is 9.31. The molecule has 76 valence electrons. The van der Waals surface area contributed by atoms with E-state index in [1.165, 1.54) is 0 Å². The highest BCUT2D eigenvalue weighted by molar-refractivity contribution is 5.86. The topological polar surface area (TPSA) is 26.3 Å². The summed E-state index contributed by atoms with van der Waals surface area (Å²) in [5.74, 6) is 0.0619. The SMILES string of the molecule is C=C(C)C(=O)OCC(C)C(C)(C)C. The monoisotopic (exact) mass is 184 g/mol. The molecule has 0 rings (SSSR count). The van der Waals surface area contributed by atoms with Gasteiger partial charge < -0.3 is 4.74 Å². The molecule has 0 aliphatic rings. The Hall–Kier alpha value is -0.790. The largest absolute Gasteiger partial charge is 0.462 e. The highest BCUT2D eigenvalue weighted by atomic mass is 16.5. The molecule has 0 aliphatic heterocycles. The van der Waals surface area contributed by atoms with Gasteiger partial charge in [0.15, 0.2) is 0 Å². The molecule has 0 aromatic rings. The fourth-order valence-electron chi connectivity index (χ4n) is 0.574. The Morgan fingerprint density at radius 3 is 2.23 bits per heavy atom. The van der Waals surface area contributed by atoms with Gasteiger partial charge in [-0.15, -0.1) is 0 Å². The molecule has 0 saturated carbocycles. The zero-order valence-corrected chi connectivity index (χ0v) is 9.31.